The molecule has 0 saturated heterocycles. The van der Waals surface area contributed by atoms with Crippen molar-refractivity contribution >= 4 is 10.0 Å². The first-order valence-corrected chi connectivity index (χ1v) is 7.06. The molecule has 98 valence electrons. The van der Waals surface area contributed by atoms with Crippen molar-refractivity contribution in [1.82, 2.24) is 24.9 Å². The molecule has 0 aliphatic carbocycles. The van der Waals surface area contributed by atoms with E-state index in [9.17, 15) is 8.42 Å². The van der Waals surface area contributed by atoms with Crippen LogP contribution in [0.1, 0.15) is 31.3 Å². The average Bonchev–Trinajstić information content (AvgIpc) is 3.00. The summed E-state index contributed by atoms with van der Waals surface area (Å²) in [7, 11) is -3.58. The van der Waals surface area contributed by atoms with Gasteiger partial charge in [0.05, 0.1) is 12.4 Å². The summed E-state index contributed by atoms with van der Waals surface area (Å²) >= 11 is 0. The molecule has 2 heterocycles. The average molecular weight is 269 g/mol. The second-order valence-corrected chi connectivity index (χ2v) is 5.60. The molecule has 0 aliphatic rings. The van der Waals surface area contributed by atoms with Gasteiger partial charge in [-0.25, -0.2) is 18.1 Å². The second-order valence-electron chi connectivity index (χ2n) is 3.92. The topological polar surface area (TPSA) is 104 Å². The standard InChI is InChI=1S/C10H15N5O2S/c1-3-9-11-6-10(14-9)18(16,17)15-7(2)8-4-12-13-5-8/h4-7,15H,3H2,1-2H3,(H,11,14)(H,12,13). The molecule has 7 nitrogen and oxygen atoms in total. The number of sulfonamides is 1. The molecule has 0 saturated carbocycles. The van der Waals surface area contributed by atoms with Crippen molar-refractivity contribution in [2.75, 3.05) is 0 Å². The summed E-state index contributed by atoms with van der Waals surface area (Å²) in [5, 5.41) is 6.51. The summed E-state index contributed by atoms with van der Waals surface area (Å²) < 4.78 is 26.7. The Bertz CT molecular complexity index is 602. The molecule has 0 amide bonds. The maximum Gasteiger partial charge on any atom is 0.258 e. The van der Waals surface area contributed by atoms with Gasteiger partial charge in [0.1, 0.15) is 5.82 Å². The van der Waals surface area contributed by atoms with Crippen LogP contribution in [0.3, 0.4) is 0 Å². The normalized spacial score (nSPS) is 13.7. The fraction of sp³-hybridized carbons (Fsp3) is 0.400. The number of aryl methyl sites for hydroxylation is 1. The summed E-state index contributed by atoms with van der Waals surface area (Å²) in [5.74, 6) is 0.645. The molecule has 8 heteroatoms. The van der Waals surface area contributed by atoms with Gasteiger partial charge in [0, 0.05) is 24.2 Å². The van der Waals surface area contributed by atoms with Crippen molar-refractivity contribution in [2.24, 2.45) is 0 Å². The Morgan fingerprint density at radius 1 is 1.44 bits per heavy atom. The Morgan fingerprint density at radius 2 is 2.22 bits per heavy atom. The Labute approximate surface area is 105 Å². The summed E-state index contributed by atoms with van der Waals surface area (Å²) in [6.07, 6.45) is 5.21. The number of hydrogen-bond acceptors (Lipinski definition) is 4. The Morgan fingerprint density at radius 3 is 2.78 bits per heavy atom. The lowest BCUT2D eigenvalue weighted by atomic mass is 10.2. The molecule has 0 fully saturated rings. The van der Waals surface area contributed by atoms with Gasteiger partial charge in [0.15, 0.2) is 5.03 Å². The molecule has 0 bridgehead atoms. The number of rotatable bonds is 5. The zero-order chi connectivity index (χ0) is 13.2. The first kappa shape index (κ1) is 12.8. The number of nitrogens with one attached hydrogen (secondary N) is 3. The van der Waals surface area contributed by atoms with Crippen LogP contribution < -0.4 is 4.72 Å². The largest absolute Gasteiger partial charge is 0.332 e. The molecule has 2 rings (SSSR count). The number of imidazole rings is 1. The van der Waals surface area contributed by atoms with Gasteiger partial charge in [-0.3, -0.25) is 5.10 Å². The van der Waals surface area contributed by atoms with E-state index in [1.807, 2.05) is 6.92 Å². The van der Waals surface area contributed by atoms with Crippen molar-refractivity contribution in [3.05, 3.63) is 30.0 Å². The second kappa shape index (κ2) is 4.91. The quantitative estimate of drug-likeness (QED) is 0.744. The molecule has 3 N–H and O–H groups in total. The fourth-order valence-electron chi connectivity index (χ4n) is 1.52. The zero-order valence-corrected chi connectivity index (χ0v) is 11.0. The number of aromatic nitrogens is 4. The summed E-state index contributed by atoms with van der Waals surface area (Å²) in [6.45, 7) is 3.65. The van der Waals surface area contributed by atoms with Gasteiger partial charge < -0.3 is 4.98 Å². The van der Waals surface area contributed by atoms with Crippen molar-refractivity contribution < 1.29 is 8.42 Å². The zero-order valence-electron chi connectivity index (χ0n) is 10.1. The molecular formula is C10H15N5O2S. The van der Waals surface area contributed by atoms with Gasteiger partial charge in [-0.15, -0.1) is 0 Å². The van der Waals surface area contributed by atoms with Crippen LogP contribution in [0.4, 0.5) is 0 Å². The molecule has 0 aliphatic heterocycles. The Hall–Kier alpha value is -1.67. The van der Waals surface area contributed by atoms with Crippen molar-refractivity contribution in [3.63, 3.8) is 0 Å². The molecule has 0 aromatic carbocycles. The molecule has 18 heavy (non-hydrogen) atoms. The van der Waals surface area contributed by atoms with Crippen molar-refractivity contribution in [3.8, 4) is 0 Å². The third-order valence-corrected chi connectivity index (χ3v) is 4.03. The predicted molar refractivity (Wildman–Crippen MR) is 65.3 cm³/mol. The lowest BCUT2D eigenvalue weighted by Gasteiger charge is -2.11. The first-order chi connectivity index (χ1) is 8.53. The third-order valence-electron chi connectivity index (χ3n) is 2.58. The minimum Gasteiger partial charge on any atom is -0.332 e. The van der Waals surface area contributed by atoms with E-state index in [0.717, 1.165) is 5.56 Å². The van der Waals surface area contributed by atoms with Crippen LogP contribution in [-0.2, 0) is 16.4 Å². The van der Waals surface area contributed by atoms with E-state index in [1.54, 1.807) is 19.3 Å². The molecule has 0 spiro atoms. The van der Waals surface area contributed by atoms with Gasteiger partial charge >= 0.3 is 0 Å². The SMILES string of the molecule is CCc1ncc(S(=O)(=O)NC(C)c2cn[nH]c2)[nH]1. The maximum absolute atomic E-state index is 12.1. The number of H-pyrrole nitrogens is 2. The van der Waals surface area contributed by atoms with E-state index in [0.29, 0.717) is 12.2 Å². The summed E-state index contributed by atoms with van der Waals surface area (Å²) in [6, 6.07) is -0.359. The molecule has 2 aromatic rings. The molecule has 2 aromatic heterocycles. The highest BCUT2D eigenvalue weighted by atomic mass is 32.2. The summed E-state index contributed by atoms with van der Waals surface area (Å²) in [4.78, 5) is 6.75. The van der Waals surface area contributed by atoms with Crippen LogP contribution in [-0.4, -0.2) is 28.6 Å². The van der Waals surface area contributed by atoms with Gasteiger partial charge in [-0.05, 0) is 6.92 Å². The van der Waals surface area contributed by atoms with E-state index in [2.05, 4.69) is 24.9 Å². The van der Waals surface area contributed by atoms with E-state index >= 15 is 0 Å². The van der Waals surface area contributed by atoms with Crippen LogP contribution in [0.2, 0.25) is 0 Å². The summed E-state index contributed by atoms with van der Waals surface area (Å²) in [5.41, 5.74) is 0.772. The van der Waals surface area contributed by atoms with Gasteiger partial charge in [0.2, 0.25) is 0 Å². The van der Waals surface area contributed by atoms with Crippen LogP contribution >= 0.6 is 0 Å². The third kappa shape index (κ3) is 2.59. The van der Waals surface area contributed by atoms with E-state index in [-0.39, 0.29) is 11.1 Å². The molecule has 0 radical (unpaired) electrons. The lowest BCUT2D eigenvalue weighted by Crippen LogP contribution is -2.27. The number of aromatic amines is 2. The lowest BCUT2D eigenvalue weighted by molar-refractivity contribution is 0.563. The van der Waals surface area contributed by atoms with Gasteiger partial charge in [0.25, 0.3) is 10.0 Å². The van der Waals surface area contributed by atoms with E-state index in [4.69, 9.17) is 0 Å². The van der Waals surface area contributed by atoms with Crippen LogP contribution in [0.25, 0.3) is 0 Å². The van der Waals surface area contributed by atoms with Gasteiger partial charge in [-0.2, -0.15) is 5.10 Å². The van der Waals surface area contributed by atoms with Crippen molar-refractivity contribution in [1.29, 1.82) is 0 Å². The Kier molecular flexibility index (Phi) is 3.48. The highest BCUT2D eigenvalue weighted by Crippen LogP contribution is 2.14. The van der Waals surface area contributed by atoms with E-state index < -0.39 is 10.0 Å². The molecular weight excluding hydrogens is 254 g/mol. The van der Waals surface area contributed by atoms with Gasteiger partial charge in [-0.1, -0.05) is 6.92 Å². The minimum atomic E-state index is -3.58. The minimum absolute atomic E-state index is 0.0784. The monoisotopic (exact) mass is 269 g/mol. The Balaban J connectivity index is 2.17. The van der Waals surface area contributed by atoms with Crippen LogP contribution in [0.5, 0.6) is 0 Å². The number of nitrogens with zero attached hydrogens (tertiary/aromatic N) is 2. The van der Waals surface area contributed by atoms with E-state index in [1.165, 1.54) is 6.20 Å². The smallest absolute Gasteiger partial charge is 0.258 e. The molecule has 1 unspecified atom stereocenters. The predicted octanol–water partition coefficient (Wildman–Crippen LogP) is 0.735. The van der Waals surface area contributed by atoms with Crippen molar-refractivity contribution in [2.45, 2.75) is 31.3 Å². The highest BCUT2D eigenvalue weighted by molar-refractivity contribution is 7.89. The van der Waals surface area contributed by atoms with Crippen LogP contribution in [0.15, 0.2) is 23.6 Å². The first-order valence-electron chi connectivity index (χ1n) is 5.58. The maximum atomic E-state index is 12.1. The number of hydrogen-bond donors (Lipinski definition) is 3. The molecule has 1 atom stereocenters. The fourth-order valence-corrected chi connectivity index (χ4v) is 2.69. The highest BCUT2D eigenvalue weighted by Gasteiger charge is 2.20. The van der Waals surface area contributed by atoms with Crippen LogP contribution in [0, 0.1) is 0 Å².